The number of carbonyl (C=O) groups is 3. The first-order valence-corrected chi connectivity index (χ1v) is 5.96. The number of esters is 2. The first-order chi connectivity index (χ1) is 9.13. The molecule has 1 saturated carbocycles. The summed E-state index contributed by atoms with van der Waals surface area (Å²) in [4.78, 5) is 34.4. The van der Waals surface area contributed by atoms with Gasteiger partial charge in [0, 0.05) is 11.5 Å². The number of carbonyl (C=O) groups excluding carboxylic acids is 3. The maximum atomic E-state index is 12.0. The molecule has 1 aliphatic carbocycles. The van der Waals surface area contributed by atoms with Crippen molar-refractivity contribution in [2.75, 3.05) is 13.7 Å². The Hall–Kier alpha value is -2.17. The fraction of sp³-hybridized carbons (Fsp3) is 0.357. The molecule has 0 N–H and O–H groups in total. The lowest BCUT2D eigenvalue weighted by Crippen LogP contribution is -2.17. The zero-order chi connectivity index (χ0) is 13.8. The molecular weight excluding hydrogens is 248 g/mol. The highest BCUT2D eigenvalue weighted by molar-refractivity contribution is 6.02. The van der Waals surface area contributed by atoms with Crippen LogP contribution in [0.15, 0.2) is 30.3 Å². The minimum absolute atomic E-state index is 0.0550. The van der Waals surface area contributed by atoms with Gasteiger partial charge in [0.25, 0.3) is 0 Å². The molecule has 0 radical (unpaired) electrons. The molecule has 1 aromatic rings. The molecule has 100 valence electrons. The Balaban J connectivity index is 1.85. The Morgan fingerprint density at radius 1 is 1.16 bits per heavy atom. The van der Waals surface area contributed by atoms with E-state index in [1.807, 2.05) is 6.07 Å². The van der Waals surface area contributed by atoms with Gasteiger partial charge in [0.1, 0.15) is 0 Å². The summed E-state index contributed by atoms with van der Waals surface area (Å²) >= 11 is 0. The van der Waals surface area contributed by atoms with E-state index < -0.39 is 24.5 Å². The lowest BCUT2D eigenvalue weighted by Gasteiger charge is -2.03. The summed E-state index contributed by atoms with van der Waals surface area (Å²) < 4.78 is 9.13. The van der Waals surface area contributed by atoms with Crippen LogP contribution in [0.5, 0.6) is 0 Å². The monoisotopic (exact) mass is 262 g/mol. The van der Waals surface area contributed by atoms with E-state index in [0.29, 0.717) is 12.0 Å². The number of hydrogen-bond donors (Lipinski definition) is 0. The topological polar surface area (TPSA) is 69.7 Å². The first-order valence-electron chi connectivity index (χ1n) is 5.96. The highest BCUT2D eigenvalue weighted by atomic mass is 16.6. The van der Waals surface area contributed by atoms with E-state index in [1.165, 1.54) is 7.11 Å². The average molecular weight is 262 g/mol. The third-order valence-electron chi connectivity index (χ3n) is 3.05. The van der Waals surface area contributed by atoms with Crippen molar-refractivity contribution in [1.29, 1.82) is 0 Å². The summed E-state index contributed by atoms with van der Waals surface area (Å²) in [6.07, 6.45) is 0.480. The lowest BCUT2D eigenvalue weighted by molar-refractivity contribution is -0.157. The van der Waals surface area contributed by atoms with Crippen LogP contribution in [0.1, 0.15) is 16.8 Å². The molecule has 1 aromatic carbocycles. The Labute approximate surface area is 110 Å². The van der Waals surface area contributed by atoms with Crippen LogP contribution in [0.25, 0.3) is 0 Å². The predicted octanol–water partition coefficient (Wildman–Crippen LogP) is 1.22. The number of ether oxygens (including phenoxy) is 2. The second-order valence-corrected chi connectivity index (χ2v) is 4.36. The molecule has 0 aliphatic heterocycles. The van der Waals surface area contributed by atoms with Gasteiger partial charge in [-0.15, -0.1) is 0 Å². The molecule has 0 unspecified atom stereocenters. The molecule has 19 heavy (non-hydrogen) atoms. The Kier molecular flexibility index (Phi) is 3.94. The quantitative estimate of drug-likeness (QED) is 0.589. The van der Waals surface area contributed by atoms with Crippen LogP contribution in [0.3, 0.4) is 0 Å². The van der Waals surface area contributed by atoms with E-state index in [2.05, 4.69) is 4.74 Å². The SMILES string of the molecule is COC(=O)COC(=O)[C@@H]1C[C@H]1C(=O)c1ccccc1. The number of methoxy groups -OCH3 is 1. The summed E-state index contributed by atoms with van der Waals surface area (Å²) in [5, 5.41) is 0. The highest BCUT2D eigenvalue weighted by Gasteiger charge is 2.49. The number of benzene rings is 1. The minimum Gasteiger partial charge on any atom is -0.466 e. The summed E-state index contributed by atoms with van der Waals surface area (Å²) in [5.41, 5.74) is 0.593. The third-order valence-corrected chi connectivity index (χ3v) is 3.05. The van der Waals surface area contributed by atoms with E-state index in [0.717, 1.165) is 0 Å². The fourth-order valence-corrected chi connectivity index (χ4v) is 1.86. The second-order valence-electron chi connectivity index (χ2n) is 4.36. The first kappa shape index (κ1) is 13.3. The van der Waals surface area contributed by atoms with Gasteiger partial charge in [-0.05, 0) is 6.42 Å². The number of ketones is 1. The molecule has 1 fully saturated rings. The van der Waals surface area contributed by atoms with Crippen LogP contribution in [-0.4, -0.2) is 31.4 Å². The third kappa shape index (κ3) is 3.19. The van der Waals surface area contributed by atoms with Gasteiger partial charge in [0.15, 0.2) is 12.4 Å². The standard InChI is InChI=1S/C14H14O5/c1-18-12(15)8-19-14(17)11-7-10(11)13(16)9-5-3-2-4-6-9/h2-6,10-11H,7-8H2,1H3/t10-,11-/m1/s1. The summed E-state index contributed by atoms with van der Waals surface area (Å²) in [6.45, 7) is -0.405. The number of rotatable bonds is 5. The van der Waals surface area contributed by atoms with E-state index in [-0.39, 0.29) is 11.7 Å². The van der Waals surface area contributed by atoms with Crippen LogP contribution in [0.4, 0.5) is 0 Å². The Morgan fingerprint density at radius 3 is 2.47 bits per heavy atom. The van der Waals surface area contributed by atoms with Crippen LogP contribution in [0, 0.1) is 11.8 Å². The van der Waals surface area contributed by atoms with Gasteiger partial charge < -0.3 is 9.47 Å². The number of Topliss-reactive ketones (excluding diaryl/α,β-unsaturated/α-hetero) is 1. The molecule has 2 rings (SSSR count). The zero-order valence-corrected chi connectivity index (χ0v) is 10.5. The summed E-state index contributed by atoms with van der Waals surface area (Å²) in [5.74, 6) is -1.94. The van der Waals surface area contributed by atoms with Gasteiger partial charge in [-0.3, -0.25) is 9.59 Å². The van der Waals surface area contributed by atoms with E-state index >= 15 is 0 Å². The van der Waals surface area contributed by atoms with Crippen LogP contribution < -0.4 is 0 Å². The normalized spacial score (nSPS) is 20.5. The molecule has 0 heterocycles. The van der Waals surface area contributed by atoms with Crippen molar-refractivity contribution >= 4 is 17.7 Å². The molecule has 5 nitrogen and oxygen atoms in total. The molecule has 1 aliphatic rings. The van der Waals surface area contributed by atoms with Crippen molar-refractivity contribution in [3.8, 4) is 0 Å². The van der Waals surface area contributed by atoms with E-state index in [9.17, 15) is 14.4 Å². The van der Waals surface area contributed by atoms with Crippen molar-refractivity contribution in [3.05, 3.63) is 35.9 Å². The Morgan fingerprint density at radius 2 is 1.84 bits per heavy atom. The smallest absolute Gasteiger partial charge is 0.344 e. The van der Waals surface area contributed by atoms with E-state index in [4.69, 9.17) is 4.74 Å². The molecule has 0 aromatic heterocycles. The van der Waals surface area contributed by atoms with Gasteiger partial charge in [0.05, 0.1) is 13.0 Å². The predicted molar refractivity (Wildman–Crippen MR) is 65.3 cm³/mol. The van der Waals surface area contributed by atoms with Crippen molar-refractivity contribution in [3.63, 3.8) is 0 Å². The molecule has 2 atom stereocenters. The van der Waals surface area contributed by atoms with Crippen molar-refractivity contribution in [2.24, 2.45) is 11.8 Å². The molecular formula is C14H14O5. The van der Waals surface area contributed by atoms with Gasteiger partial charge in [-0.2, -0.15) is 0 Å². The molecule has 5 heteroatoms. The van der Waals surface area contributed by atoms with Gasteiger partial charge in [-0.1, -0.05) is 30.3 Å². The van der Waals surface area contributed by atoms with Crippen molar-refractivity contribution in [2.45, 2.75) is 6.42 Å². The molecule has 0 amide bonds. The maximum absolute atomic E-state index is 12.0. The van der Waals surface area contributed by atoms with Gasteiger partial charge in [-0.25, -0.2) is 4.79 Å². The second kappa shape index (κ2) is 5.65. The Bertz CT molecular complexity index is 494. The summed E-state index contributed by atoms with van der Waals surface area (Å²) in [6, 6.07) is 8.82. The lowest BCUT2D eigenvalue weighted by atomic mass is 10.1. The maximum Gasteiger partial charge on any atom is 0.344 e. The summed E-state index contributed by atoms with van der Waals surface area (Å²) in [7, 11) is 1.22. The van der Waals surface area contributed by atoms with Gasteiger partial charge in [0.2, 0.25) is 0 Å². The molecule has 0 bridgehead atoms. The zero-order valence-electron chi connectivity index (χ0n) is 10.5. The largest absolute Gasteiger partial charge is 0.466 e. The van der Waals surface area contributed by atoms with Crippen molar-refractivity contribution in [1.82, 2.24) is 0 Å². The van der Waals surface area contributed by atoms with Crippen LogP contribution >= 0.6 is 0 Å². The fourth-order valence-electron chi connectivity index (χ4n) is 1.86. The highest BCUT2D eigenvalue weighted by Crippen LogP contribution is 2.41. The number of hydrogen-bond acceptors (Lipinski definition) is 5. The van der Waals surface area contributed by atoms with Crippen LogP contribution in [-0.2, 0) is 19.1 Å². The van der Waals surface area contributed by atoms with E-state index in [1.54, 1.807) is 24.3 Å². The molecule has 0 spiro atoms. The van der Waals surface area contributed by atoms with Gasteiger partial charge >= 0.3 is 11.9 Å². The molecule has 0 saturated heterocycles. The average Bonchev–Trinajstić information content (AvgIpc) is 3.25. The minimum atomic E-state index is -0.611. The van der Waals surface area contributed by atoms with Crippen LogP contribution in [0.2, 0.25) is 0 Å². The van der Waals surface area contributed by atoms with Crippen molar-refractivity contribution < 1.29 is 23.9 Å².